The van der Waals surface area contributed by atoms with E-state index in [1.807, 2.05) is 24.3 Å². The second-order valence-electron chi connectivity index (χ2n) is 4.69. The van der Waals surface area contributed by atoms with E-state index in [9.17, 15) is 0 Å². The van der Waals surface area contributed by atoms with Gasteiger partial charge in [-0.2, -0.15) is 0 Å². The molecule has 0 unspecified atom stereocenters. The van der Waals surface area contributed by atoms with Gasteiger partial charge in [0, 0.05) is 36.5 Å². The fourth-order valence-electron chi connectivity index (χ4n) is 2.31. The number of nitrogens with one attached hydrogen (secondary N) is 1. The average Bonchev–Trinajstić information content (AvgIpc) is 2.76. The van der Waals surface area contributed by atoms with E-state index >= 15 is 0 Å². The van der Waals surface area contributed by atoms with E-state index in [1.54, 1.807) is 12.4 Å². The van der Waals surface area contributed by atoms with Crippen LogP contribution >= 0.6 is 0 Å². The highest BCUT2D eigenvalue weighted by Crippen LogP contribution is 2.34. The molecule has 0 saturated carbocycles. The molecule has 3 heterocycles. The van der Waals surface area contributed by atoms with Gasteiger partial charge in [0.25, 0.3) is 0 Å². The normalized spacial score (nSPS) is 14.2. The highest BCUT2D eigenvalue weighted by molar-refractivity contribution is 5.83. The number of fused-ring (bicyclic) bond motifs is 2. The zero-order chi connectivity index (χ0) is 13.4. The van der Waals surface area contributed by atoms with Crippen molar-refractivity contribution in [3.8, 4) is 22.9 Å². The lowest BCUT2D eigenvalue weighted by molar-refractivity contribution is 0.297. The minimum atomic E-state index is 0.681. The molecule has 100 valence electrons. The minimum Gasteiger partial charge on any atom is -0.489 e. The highest BCUT2D eigenvalue weighted by Gasteiger charge is 2.14. The Balaban J connectivity index is 1.84. The van der Waals surface area contributed by atoms with Crippen molar-refractivity contribution in [3.05, 3.63) is 36.7 Å². The van der Waals surface area contributed by atoms with E-state index in [0.29, 0.717) is 13.2 Å². The van der Waals surface area contributed by atoms with E-state index in [2.05, 4.69) is 15.0 Å². The molecule has 1 aliphatic heterocycles. The molecular formula is C15H13N3O2. The first-order valence-corrected chi connectivity index (χ1v) is 6.60. The monoisotopic (exact) mass is 267 g/mol. The largest absolute Gasteiger partial charge is 0.489 e. The third kappa shape index (κ3) is 1.87. The number of aromatic amines is 1. The average molecular weight is 267 g/mol. The molecule has 3 aromatic rings. The first-order valence-electron chi connectivity index (χ1n) is 6.60. The van der Waals surface area contributed by atoms with Crippen molar-refractivity contribution in [2.45, 2.75) is 6.42 Å². The summed E-state index contributed by atoms with van der Waals surface area (Å²) in [6.07, 6.45) is 4.41. The number of benzene rings is 1. The molecule has 0 aliphatic carbocycles. The molecule has 5 nitrogen and oxygen atoms in total. The maximum Gasteiger partial charge on any atom is 0.163 e. The van der Waals surface area contributed by atoms with E-state index < -0.39 is 0 Å². The molecule has 5 heteroatoms. The molecule has 1 aromatic carbocycles. The molecule has 0 radical (unpaired) electrons. The number of imidazole rings is 1. The lowest BCUT2D eigenvalue weighted by Gasteiger charge is -2.05. The molecule has 0 spiro atoms. The van der Waals surface area contributed by atoms with Crippen molar-refractivity contribution in [1.29, 1.82) is 0 Å². The van der Waals surface area contributed by atoms with E-state index in [1.165, 1.54) is 0 Å². The van der Waals surface area contributed by atoms with Crippen LogP contribution in [-0.4, -0.2) is 28.2 Å². The summed E-state index contributed by atoms with van der Waals surface area (Å²) >= 11 is 0. The summed E-state index contributed by atoms with van der Waals surface area (Å²) in [7, 11) is 0. The summed E-state index contributed by atoms with van der Waals surface area (Å²) in [4.78, 5) is 11.9. The van der Waals surface area contributed by atoms with Crippen LogP contribution in [0, 0.1) is 0 Å². The van der Waals surface area contributed by atoms with Gasteiger partial charge in [-0.3, -0.25) is 4.98 Å². The number of pyridine rings is 1. The first kappa shape index (κ1) is 11.3. The van der Waals surface area contributed by atoms with Crippen LogP contribution in [0.15, 0.2) is 36.7 Å². The van der Waals surface area contributed by atoms with Gasteiger partial charge in [-0.1, -0.05) is 0 Å². The summed E-state index contributed by atoms with van der Waals surface area (Å²) in [5.74, 6) is 2.37. The summed E-state index contributed by atoms with van der Waals surface area (Å²) in [5, 5.41) is 0. The summed E-state index contributed by atoms with van der Waals surface area (Å²) in [6.45, 7) is 1.37. The van der Waals surface area contributed by atoms with Crippen LogP contribution in [0.2, 0.25) is 0 Å². The Morgan fingerprint density at radius 2 is 1.75 bits per heavy atom. The van der Waals surface area contributed by atoms with Gasteiger partial charge in [-0.15, -0.1) is 0 Å². The van der Waals surface area contributed by atoms with Crippen molar-refractivity contribution in [2.24, 2.45) is 0 Å². The third-order valence-electron chi connectivity index (χ3n) is 3.30. The van der Waals surface area contributed by atoms with Crippen molar-refractivity contribution >= 4 is 11.0 Å². The van der Waals surface area contributed by atoms with Gasteiger partial charge in [0.05, 0.1) is 24.2 Å². The van der Waals surface area contributed by atoms with Gasteiger partial charge in [-0.05, 0) is 12.1 Å². The van der Waals surface area contributed by atoms with Crippen molar-refractivity contribution in [1.82, 2.24) is 15.0 Å². The Hall–Kier alpha value is -2.56. The maximum atomic E-state index is 5.69. The SMILES string of the molecule is c1cc(-c2nc3cc4c(cc3[nH]2)OCCCO4)ccn1. The Kier molecular flexibility index (Phi) is 2.55. The Morgan fingerprint density at radius 1 is 1.00 bits per heavy atom. The second-order valence-corrected chi connectivity index (χ2v) is 4.69. The fraction of sp³-hybridized carbons (Fsp3) is 0.200. The van der Waals surface area contributed by atoms with E-state index in [4.69, 9.17) is 9.47 Å². The molecule has 0 bridgehead atoms. The Bertz CT molecular complexity index is 709. The number of aromatic nitrogens is 3. The predicted molar refractivity (Wildman–Crippen MR) is 74.9 cm³/mol. The number of rotatable bonds is 1. The zero-order valence-corrected chi connectivity index (χ0v) is 10.8. The van der Waals surface area contributed by atoms with Gasteiger partial charge < -0.3 is 14.5 Å². The van der Waals surface area contributed by atoms with Gasteiger partial charge >= 0.3 is 0 Å². The van der Waals surface area contributed by atoms with Gasteiger partial charge in [-0.25, -0.2) is 4.98 Å². The van der Waals surface area contributed by atoms with Crippen LogP contribution in [0.1, 0.15) is 6.42 Å². The molecule has 0 atom stereocenters. The molecule has 0 amide bonds. The van der Waals surface area contributed by atoms with Crippen molar-refractivity contribution in [3.63, 3.8) is 0 Å². The van der Waals surface area contributed by atoms with Crippen LogP contribution in [0.4, 0.5) is 0 Å². The third-order valence-corrected chi connectivity index (χ3v) is 3.30. The van der Waals surface area contributed by atoms with E-state index in [0.717, 1.165) is 40.3 Å². The molecular weight excluding hydrogens is 254 g/mol. The van der Waals surface area contributed by atoms with Crippen LogP contribution in [0.3, 0.4) is 0 Å². The first-order chi connectivity index (χ1) is 9.90. The Morgan fingerprint density at radius 3 is 2.55 bits per heavy atom. The number of ether oxygens (including phenoxy) is 2. The van der Waals surface area contributed by atoms with Crippen LogP contribution < -0.4 is 9.47 Å². The molecule has 0 saturated heterocycles. The van der Waals surface area contributed by atoms with Crippen LogP contribution in [0.25, 0.3) is 22.4 Å². The number of hydrogen-bond acceptors (Lipinski definition) is 4. The molecule has 20 heavy (non-hydrogen) atoms. The summed E-state index contributed by atoms with van der Waals surface area (Å²) < 4.78 is 11.4. The second kappa shape index (κ2) is 4.52. The van der Waals surface area contributed by atoms with Gasteiger partial charge in [0.2, 0.25) is 0 Å². The molecule has 2 aromatic heterocycles. The minimum absolute atomic E-state index is 0.681. The Labute approximate surface area is 115 Å². The summed E-state index contributed by atoms with van der Waals surface area (Å²) in [5.41, 5.74) is 2.83. The van der Waals surface area contributed by atoms with Crippen molar-refractivity contribution < 1.29 is 9.47 Å². The summed E-state index contributed by atoms with van der Waals surface area (Å²) in [6, 6.07) is 7.73. The molecule has 1 N–H and O–H groups in total. The number of H-pyrrole nitrogens is 1. The van der Waals surface area contributed by atoms with E-state index in [-0.39, 0.29) is 0 Å². The smallest absolute Gasteiger partial charge is 0.163 e. The molecule has 0 fully saturated rings. The van der Waals surface area contributed by atoms with Crippen LogP contribution in [-0.2, 0) is 0 Å². The molecule has 1 aliphatic rings. The maximum absolute atomic E-state index is 5.69. The number of hydrogen-bond donors (Lipinski definition) is 1. The topological polar surface area (TPSA) is 60.0 Å². The van der Waals surface area contributed by atoms with Gasteiger partial charge in [0.15, 0.2) is 11.5 Å². The fourth-order valence-corrected chi connectivity index (χ4v) is 2.31. The number of nitrogens with zero attached hydrogens (tertiary/aromatic N) is 2. The molecule has 4 rings (SSSR count). The quantitative estimate of drug-likeness (QED) is 0.736. The van der Waals surface area contributed by atoms with Crippen LogP contribution in [0.5, 0.6) is 11.5 Å². The standard InChI is InChI=1S/C15H13N3O2/c1-6-19-13-8-11-12(9-14(13)20-7-1)18-15(17-11)10-2-4-16-5-3-10/h2-5,8-9H,1,6-7H2,(H,17,18). The van der Waals surface area contributed by atoms with Crippen molar-refractivity contribution in [2.75, 3.05) is 13.2 Å². The lowest BCUT2D eigenvalue weighted by Crippen LogP contribution is -1.97. The lowest BCUT2D eigenvalue weighted by atomic mass is 10.3. The van der Waals surface area contributed by atoms with Gasteiger partial charge in [0.1, 0.15) is 5.82 Å². The predicted octanol–water partition coefficient (Wildman–Crippen LogP) is 2.79. The zero-order valence-electron chi connectivity index (χ0n) is 10.8. The highest BCUT2D eigenvalue weighted by atomic mass is 16.5.